The zero-order chi connectivity index (χ0) is 16.7. The molecule has 8 heteroatoms. The van der Waals surface area contributed by atoms with E-state index in [2.05, 4.69) is 15.7 Å². The number of aromatic nitrogens is 2. The second kappa shape index (κ2) is 8.19. The molecule has 0 aliphatic carbocycles. The lowest BCUT2D eigenvalue weighted by molar-refractivity contribution is -0.137. The first-order valence-electron chi connectivity index (χ1n) is 7.07. The molecular weight excluding hydrogens is 320 g/mol. The van der Waals surface area contributed by atoms with Crippen molar-refractivity contribution in [3.63, 3.8) is 0 Å². The summed E-state index contributed by atoms with van der Waals surface area (Å²) in [6.07, 6.45) is 2.00. The van der Waals surface area contributed by atoms with E-state index in [4.69, 9.17) is 16.7 Å². The molecule has 0 saturated carbocycles. The molecule has 2 rings (SSSR count). The Balaban J connectivity index is 1.86. The number of anilines is 1. The monoisotopic (exact) mass is 336 g/mol. The number of amides is 2. The molecule has 0 radical (unpaired) electrons. The molecule has 0 atom stereocenters. The van der Waals surface area contributed by atoms with Crippen molar-refractivity contribution in [2.75, 3.05) is 11.9 Å². The number of carboxylic acids is 1. The Bertz CT molecular complexity index is 670. The van der Waals surface area contributed by atoms with Gasteiger partial charge in [-0.3, -0.25) is 10.1 Å². The summed E-state index contributed by atoms with van der Waals surface area (Å²) in [5.41, 5.74) is 1.00. The highest BCUT2D eigenvalue weighted by atomic mass is 35.5. The maximum absolute atomic E-state index is 11.8. The van der Waals surface area contributed by atoms with Crippen LogP contribution >= 0.6 is 11.6 Å². The van der Waals surface area contributed by atoms with Gasteiger partial charge < -0.3 is 10.4 Å². The number of aliphatic carboxylic acids is 1. The number of hydrogen-bond donors (Lipinski definition) is 3. The summed E-state index contributed by atoms with van der Waals surface area (Å²) in [5, 5.41) is 18.7. The van der Waals surface area contributed by atoms with Crippen LogP contribution in [0.1, 0.15) is 18.4 Å². The fourth-order valence-electron chi connectivity index (χ4n) is 1.93. The molecule has 23 heavy (non-hydrogen) atoms. The molecule has 2 aromatic rings. The Morgan fingerprint density at radius 1 is 1.22 bits per heavy atom. The molecular formula is C15H17ClN4O3. The zero-order valence-electron chi connectivity index (χ0n) is 12.3. The average molecular weight is 337 g/mol. The van der Waals surface area contributed by atoms with E-state index in [1.807, 2.05) is 12.1 Å². The SMILES string of the molecule is O=C(O)CCCNC(=O)Nc1ccnn1Cc1ccc(Cl)cc1. The summed E-state index contributed by atoms with van der Waals surface area (Å²) >= 11 is 5.85. The van der Waals surface area contributed by atoms with Crippen LogP contribution in [0.15, 0.2) is 36.5 Å². The number of hydrogen-bond acceptors (Lipinski definition) is 3. The first kappa shape index (κ1) is 16.8. The summed E-state index contributed by atoms with van der Waals surface area (Å²) in [6, 6.07) is 8.66. The maximum atomic E-state index is 11.8. The Morgan fingerprint density at radius 3 is 2.65 bits per heavy atom. The molecule has 3 N–H and O–H groups in total. The van der Waals surface area contributed by atoms with Gasteiger partial charge in [-0.1, -0.05) is 23.7 Å². The third-order valence-electron chi connectivity index (χ3n) is 3.06. The van der Waals surface area contributed by atoms with E-state index in [-0.39, 0.29) is 6.42 Å². The number of carboxylic acid groups (broad SMARTS) is 1. The summed E-state index contributed by atoms with van der Waals surface area (Å²) < 4.78 is 1.65. The van der Waals surface area contributed by atoms with E-state index in [0.717, 1.165) is 5.56 Å². The van der Waals surface area contributed by atoms with Crippen LogP contribution in [0.5, 0.6) is 0 Å². The summed E-state index contributed by atoms with van der Waals surface area (Å²) in [5.74, 6) is -0.330. The Morgan fingerprint density at radius 2 is 1.96 bits per heavy atom. The van der Waals surface area contributed by atoms with E-state index >= 15 is 0 Å². The van der Waals surface area contributed by atoms with Crippen LogP contribution in [0.3, 0.4) is 0 Å². The highest BCUT2D eigenvalue weighted by Crippen LogP contribution is 2.13. The van der Waals surface area contributed by atoms with Gasteiger partial charge >= 0.3 is 12.0 Å². The predicted molar refractivity (Wildman–Crippen MR) is 86.7 cm³/mol. The predicted octanol–water partition coefficient (Wildman–Crippen LogP) is 2.57. The highest BCUT2D eigenvalue weighted by Gasteiger charge is 2.07. The van der Waals surface area contributed by atoms with Crippen LogP contribution in [-0.2, 0) is 11.3 Å². The topological polar surface area (TPSA) is 96.2 Å². The van der Waals surface area contributed by atoms with Gasteiger partial charge in [0.2, 0.25) is 0 Å². The van der Waals surface area contributed by atoms with E-state index in [0.29, 0.717) is 30.4 Å². The molecule has 122 valence electrons. The van der Waals surface area contributed by atoms with Gasteiger partial charge in [0, 0.05) is 24.1 Å². The van der Waals surface area contributed by atoms with Gasteiger partial charge in [0.15, 0.2) is 0 Å². The van der Waals surface area contributed by atoms with Gasteiger partial charge in [-0.15, -0.1) is 0 Å². The van der Waals surface area contributed by atoms with Gasteiger partial charge in [-0.2, -0.15) is 5.10 Å². The van der Waals surface area contributed by atoms with Crippen molar-refractivity contribution in [1.29, 1.82) is 0 Å². The fourth-order valence-corrected chi connectivity index (χ4v) is 2.06. The molecule has 2 amide bonds. The minimum Gasteiger partial charge on any atom is -0.481 e. The Hall–Kier alpha value is -2.54. The quantitative estimate of drug-likeness (QED) is 0.677. The van der Waals surface area contributed by atoms with Crippen molar-refractivity contribution in [2.45, 2.75) is 19.4 Å². The highest BCUT2D eigenvalue weighted by molar-refractivity contribution is 6.30. The normalized spacial score (nSPS) is 10.3. The van der Waals surface area contributed by atoms with Crippen molar-refractivity contribution in [1.82, 2.24) is 15.1 Å². The van der Waals surface area contributed by atoms with E-state index in [1.165, 1.54) is 0 Å². The minimum atomic E-state index is -0.881. The van der Waals surface area contributed by atoms with Crippen LogP contribution in [0.25, 0.3) is 0 Å². The molecule has 1 aromatic carbocycles. The molecule has 7 nitrogen and oxygen atoms in total. The van der Waals surface area contributed by atoms with Gasteiger partial charge in [0.05, 0.1) is 12.7 Å². The summed E-state index contributed by atoms with van der Waals surface area (Å²) in [6.45, 7) is 0.794. The van der Waals surface area contributed by atoms with Crippen molar-refractivity contribution >= 4 is 29.4 Å². The number of halogens is 1. The number of carbonyl (C=O) groups is 2. The standard InChI is InChI=1S/C15H17ClN4O3/c16-12-5-3-11(4-6-12)10-20-13(7-9-18-20)19-15(23)17-8-1-2-14(21)22/h3-7,9H,1-2,8,10H2,(H,21,22)(H2,17,19,23). The molecule has 0 unspecified atom stereocenters. The number of nitrogens with one attached hydrogen (secondary N) is 2. The van der Waals surface area contributed by atoms with Crippen molar-refractivity contribution < 1.29 is 14.7 Å². The molecule has 1 aromatic heterocycles. The number of carbonyl (C=O) groups excluding carboxylic acids is 1. The molecule has 0 fully saturated rings. The number of urea groups is 1. The molecule has 0 bridgehead atoms. The third kappa shape index (κ3) is 5.63. The maximum Gasteiger partial charge on any atom is 0.320 e. The van der Waals surface area contributed by atoms with E-state index in [1.54, 1.807) is 29.1 Å². The van der Waals surface area contributed by atoms with Gasteiger partial charge in [0.25, 0.3) is 0 Å². The molecule has 0 aliphatic rings. The zero-order valence-corrected chi connectivity index (χ0v) is 13.1. The second-order valence-electron chi connectivity index (χ2n) is 4.88. The van der Waals surface area contributed by atoms with Gasteiger partial charge in [-0.25, -0.2) is 9.48 Å². The lowest BCUT2D eigenvalue weighted by atomic mass is 10.2. The Kier molecular flexibility index (Phi) is 5.99. The number of nitrogens with zero attached hydrogens (tertiary/aromatic N) is 2. The van der Waals surface area contributed by atoms with Gasteiger partial charge in [-0.05, 0) is 24.1 Å². The molecule has 1 heterocycles. The number of benzene rings is 1. The molecule has 0 saturated heterocycles. The van der Waals surface area contributed by atoms with Crippen molar-refractivity contribution in [3.8, 4) is 0 Å². The lowest BCUT2D eigenvalue weighted by Gasteiger charge is -2.10. The van der Waals surface area contributed by atoms with Crippen LogP contribution in [0.2, 0.25) is 5.02 Å². The van der Waals surface area contributed by atoms with E-state index < -0.39 is 12.0 Å². The first-order valence-corrected chi connectivity index (χ1v) is 7.45. The molecule has 0 aliphatic heterocycles. The van der Waals surface area contributed by atoms with Crippen molar-refractivity contribution in [2.24, 2.45) is 0 Å². The largest absolute Gasteiger partial charge is 0.481 e. The molecule has 0 spiro atoms. The van der Waals surface area contributed by atoms with Crippen LogP contribution < -0.4 is 10.6 Å². The lowest BCUT2D eigenvalue weighted by Crippen LogP contribution is -2.30. The minimum absolute atomic E-state index is 0.0226. The second-order valence-corrected chi connectivity index (χ2v) is 5.32. The number of rotatable bonds is 7. The van der Waals surface area contributed by atoms with Crippen LogP contribution in [-0.4, -0.2) is 33.4 Å². The van der Waals surface area contributed by atoms with E-state index in [9.17, 15) is 9.59 Å². The van der Waals surface area contributed by atoms with Crippen LogP contribution in [0, 0.1) is 0 Å². The summed E-state index contributed by atoms with van der Waals surface area (Å²) in [7, 11) is 0. The smallest absolute Gasteiger partial charge is 0.320 e. The fraction of sp³-hybridized carbons (Fsp3) is 0.267. The third-order valence-corrected chi connectivity index (χ3v) is 3.31. The average Bonchev–Trinajstić information content (AvgIpc) is 2.93. The van der Waals surface area contributed by atoms with Crippen molar-refractivity contribution in [3.05, 3.63) is 47.1 Å². The summed E-state index contributed by atoms with van der Waals surface area (Å²) in [4.78, 5) is 22.2. The van der Waals surface area contributed by atoms with Crippen LogP contribution in [0.4, 0.5) is 10.6 Å². The van der Waals surface area contributed by atoms with Gasteiger partial charge in [0.1, 0.15) is 5.82 Å². The Labute approximate surface area is 138 Å². The first-order chi connectivity index (χ1) is 11.0.